The lowest BCUT2D eigenvalue weighted by molar-refractivity contribution is 0.0964. The highest BCUT2D eigenvalue weighted by atomic mass is 35.5. The molecular formula is C29H27BClFN2O6S. The number of furan rings is 1. The molecule has 1 amide bonds. The van der Waals surface area contributed by atoms with Gasteiger partial charge < -0.3 is 19.4 Å². The summed E-state index contributed by atoms with van der Waals surface area (Å²) < 4.78 is 51.9. The third-order valence-corrected chi connectivity index (χ3v) is 8.71. The Balaban J connectivity index is 1.42. The molecule has 6 rings (SSSR count). The van der Waals surface area contributed by atoms with Crippen LogP contribution in [0.5, 0.6) is 0 Å². The molecule has 2 fully saturated rings. The summed E-state index contributed by atoms with van der Waals surface area (Å²) in [5.41, 5.74) is 3.88. The van der Waals surface area contributed by atoms with E-state index in [1.54, 1.807) is 24.3 Å². The molecule has 1 atom stereocenters. The van der Waals surface area contributed by atoms with Crippen LogP contribution in [0.25, 0.3) is 22.3 Å². The molecule has 41 heavy (non-hydrogen) atoms. The molecule has 1 saturated heterocycles. The number of carbonyl (C=O) groups excluding carboxylic acids is 1. The number of rotatable bonds is 8. The Labute approximate surface area is 243 Å². The quantitative estimate of drug-likeness (QED) is 0.180. The standard InChI is InChI=1S/C29H27BClFN2O6S/c1-33-29(35)27-22-13-21(17-3-4-17)24(14-26(22)39-28(27)18-5-7-19(32)8-6-18)34(41(37)38)15-16-2-9-20(23(31)12-16)25-10-11-30(36)40-25/h2,5-9,12-14,17,25,36,41H,3-4,10-11,15H2,1H3,(H,33,35). The number of hydrogen-bond donors (Lipinski definition) is 3. The van der Waals surface area contributed by atoms with Crippen molar-refractivity contribution in [3.8, 4) is 11.3 Å². The zero-order valence-electron chi connectivity index (χ0n) is 22.1. The molecular weight excluding hydrogens is 570 g/mol. The Bertz CT molecular complexity index is 1710. The summed E-state index contributed by atoms with van der Waals surface area (Å²) in [7, 11) is -2.36. The van der Waals surface area contributed by atoms with Crippen LogP contribution in [0.2, 0.25) is 11.3 Å². The summed E-state index contributed by atoms with van der Waals surface area (Å²) in [4.78, 5) is 13.0. The Kier molecular flexibility index (Phi) is 7.54. The van der Waals surface area contributed by atoms with Gasteiger partial charge in [0.05, 0.1) is 23.9 Å². The number of halogens is 2. The molecule has 212 valence electrons. The van der Waals surface area contributed by atoms with Crippen LogP contribution in [-0.2, 0) is 22.1 Å². The van der Waals surface area contributed by atoms with Crippen LogP contribution in [0, 0.1) is 5.82 Å². The topological polar surface area (TPSA) is 109 Å². The molecule has 1 aliphatic heterocycles. The molecule has 0 spiro atoms. The first-order chi connectivity index (χ1) is 19.7. The Morgan fingerprint density at radius 1 is 1.12 bits per heavy atom. The van der Waals surface area contributed by atoms with Crippen molar-refractivity contribution in [3.05, 3.63) is 87.7 Å². The van der Waals surface area contributed by atoms with E-state index in [0.29, 0.717) is 51.1 Å². The molecule has 1 aromatic heterocycles. The Hall–Kier alpha value is -3.38. The maximum absolute atomic E-state index is 13.6. The van der Waals surface area contributed by atoms with E-state index in [1.165, 1.54) is 35.6 Å². The minimum Gasteiger partial charge on any atom is -0.455 e. The summed E-state index contributed by atoms with van der Waals surface area (Å²) in [5, 5.41) is 13.4. The molecule has 2 N–H and O–H groups in total. The SMILES string of the molecule is CNC(=O)c1c(-c2ccc(F)cc2)oc2cc(N(Cc3ccc(C4CCB(O)O4)c(Cl)c3)[SH](=O)=O)c(C3CC3)cc12. The van der Waals surface area contributed by atoms with Crippen molar-refractivity contribution in [1.82, 2.24) is 5.32 Å². The van der Waals surface area contributed by atoms with Crippen LogP contribution < -0.4 is 9.62 Å². The van der Waals surface area contributed by atoms with Gasteiger partial charge in [0.15, 0.2) is 0 Å². The second-order valence-corrected chi connectivity index (χ2v) is 11.7. The number of nitrogens with one attached hydrogen (secondary N) is 1. The van der Waals surface area contributed by atoms with Gasteiger partial charge in [0.2, 0.25) is 10.9 Å². The van der Waals surface area contributed by atoms with Gasteiger partial charge in [-0.1, -0.05) is 23.7 Å². The fourth-order valence-electron chi connectivity index (χ4n) is 5.43. The zero-order valence-corrected chi connectivity index (χ0v) is 23.8. The van der Waals surface area contributed by atoms with E-state index in [4.69, 9.17) is 20.7 Å². The smallest absolute Gasteiger partial charge is 0.454 e. The number of thiol groups is 1. The highest BCUT2D eigenvalue weighted by Gasteiger charge is 2.33. The average Bonchev–Trinajstić information content (AvgIpc) is 3.61. The molecule has 12 heteroatoms. The van der Waals surface area contributed by atoms with Gasteiger partial charge in [0, 0.05) is 29.1 Å². The fourth-order valence-corrected chi connectivity index (χ4v) is 6.38. The summed E-state index contributed by atoms with van der Waals surface area (Å²) >= 11 is 6.56. The van der Waals surface area contributed by atoms with Crippen molar-refractivity contribution >= 4 is 52.2 Å². The Morgan fingerprint density at radius 2 is 1.88 bits per heavy atom. The maximum Gasteiger partial charge on any atom is 0.454 e. The van der Waals surface area contributed by atoms with Gasteiger partial charge in [-0.15, -0.1) is 0 Å². The monoisotopic (exact) mass is 596 g/mol. The number of nitrogens with zero attached hydrogens (tertiary/aromatic N) is 1. The average molecular weight is 597 g/mol. The Morgan fingerprint density at radius 3 is 2.49 bits per heavy atom. The highest BCUT2D eigenvalue weighted by Crippen LogP contribution is 2.48. The summed E-state index contributed by atoms with van der Waals surface area (Å²) in [6, 6.07) is 14.5. The molecule has 4 aromatic rings. The van der Waals surface area contributed by atoms with Gasteiger partial charge in [-0.3, -0.25) is 9.10 Å². The number of fused-ring (bicyclic) bond motifs is 1. The summed E-state index contributed by atoms with van der Waals surface area (Å²) in [6.45, 7) is 0.0336. The largest absolute Gasteiger partial charge is 0.455 e. The third-order valence-electron chi connectivity index (χ3n) is 7.63. The predicted octanol–water partition coefficient (Wildman–Crippen LogP) is 5.60. The van der Waals surface area contributed by atoms with Gasteiger partial charge in [0.1, 0.15) is 17.2 Å². The van der Waals surface area contributed by atoms with Crippen LogP contribution in [0.4, 0.5) is 10.1 Å². The van der Waals surface area contributed by atoms with E-state index < -0.39 is 23.8 Å². The first-order valence-corrected chi connectivity index (χ1v) is 14.9. The number of amides is 1. The molecule has 2 heterocycles. The van der Waals surface area contributed by atoms with E-state index in [0.717, 1.165) is 24.0 Å². The van der Waals surface area contributed by atoms with E-state index >= 15 is 0 Å². The van der Waals surface area contributed by atoms with E-state index in [-0.39, 0.29) is 30.2 Å². The van der Waals surface area contributed by atoms with Crippen molar-refractivity contribution in [3.63, 3.8) is 0 Å². The van der Waals surface area contributed by atoms with Gasteiger partial charge in [-0.05, 0) is 84.6 Å². The van der Waals surface area contributed by atoms with Crippen LogP contribution >= 0.6 is 11.6 Å². The molecule has 1 unspecified atom stereocenters. The molecule has 8 nitrogen and oxygen atoms in total. The van der Waals surface area contributed by atoms with E-state index in [2.05, 4.69) is 5.32 Å². The molecule has 1 aliphatic carbocycles. The van der Waals surface area contributed by atoms with Crippen molar-refractivity contribution in [1.29, 1.82) is 0 Å². The lowest BCUT2D eigenvalue weighted by atomic mass is 9.87. The molecule has 2 aliphatic rings. The third kappa shape index (κ3) is 5.47. The molecule has 3 aromatic carbocycles. The van der Waals surface area contributed by atoms with Crippen LogP contribution in [0.15, 0.2) is 59.0 Å². The first-order valence-electron chi connectivity index (χ1n) is 13.4. The minimum atomic E-state index is -3.06. The van der Waals surface area contributed by atoms with Crippen molar-refractivity contribution in [2.45, 2.75) is 44.1 Å². The normalized spacial score (nSPS) is 17.0. The van der Waals surface area contributed by atoms with Crippen molar-refractivity contribution in [2.24, 2.45) is 0 Å². The van der Waals surface area contributed by atoms with Crippen LogP contribution in [0.3, 0.4) is 0 Å². The molecule has 0 radical (unpaired) electrons. The first kappa shape index (κ1) is 27.8. The predicted molar refractivity (Wildman–Crippen MR) is 156 cm³/mol. The van der Waals surface area contributed by atoms with E-state index in [9.17, 15) is 22.6 Å². The number of hydrogen-bond acceptors (Lipinski definition) is 6. The van der Waals surface area contributed by atoms with Crippen molar-refractivity contribution < 1.29 is 31.7 Å². The fraction of sp³-hybridized carbons (Fsp3) is 0.276. The van der Waals surface area contributed by atoms with Gasteiger partial charge >= 0.3 is 7.12 Å². The minimum absolute atomic E-state index is 0.0336. The molecule has 0 bridgehead atoms. The summed E-state index contributed by atoms with van der Waals surface area (Å²) in [6.07, 6.45) is 2.65. The number of benzene rings is 3. The lowest BCUT2D eigenvalue weighted by Gasteiger charge is -2.22. The zero-order chi connectivity index (χ0) is 28.8. The second-order valence-electron chi connectivity index (χ2n) is 10.4. The highest BCUT2D eigenvalue weighted by molar-refractivity contribution is 7.74. The van der Waals surface area contributed by atoms with Gasteiger partial charge in [-0.2, -0.15) is 0 Å². The maximum atomic E-state index is 13.6. The van der Waals surface area contributed by atoms with Gasteiger partial charge in [0.25, 0.3) is 5.91 Å². The van der Waals surface area contributed by atoms with Crippen molar-refractivity contribution in [2.75, 3.05) is 11.4 Å². The van der Waals surface area contributed by atoms with Gasteiger partial charge in [-0.25, -0.2) is 12.8 Å². The number of anilines is 1. The van der Waals surface area contributed by atoms with E-state index in [1.807, 2.05) is 6.07 Å². The summed E-state index contributed by atoms with van der Waals surface area (Å²) in [5.74, 6) is -0.359. The molecule has 1 saturated carbocycles. The van der Waals surface area contributed by atoms with Crippen LogP contribution in [0.1, 0.15) is 58.3 Å². The number of carbonyl (C=O) groups is 1. The second kappa shape index (κ2) is 11.1. The lowest BCUT2D eigenvalue weighted by Crippen LogP contribution is -2.22. The van der Waals surface area contributed by atoms with Crippen LogP contribution in [-0.4, -0.2) is 33.5 Å².